The third-order valence-electron chi connectivity index (χ3n) is 3.97. The van der Waals surface area contributed by atoms with Crippen molar-refractivity contribution in [1.82, 2.24) is 5.32 Å². The van der Waals surface area contributed by atoms with E-state index in [0.717, 1.165) is 32.6 Å². The Hall–Kier alpha value is -0.710. The maximum atomic E-state index is 12.6. The SMILES string of the molecule is CCNC(CS(=O)C1CCOCC1)c1cc(C)cc(C)c1. The second kappa shape index (κ2) is 8.06. The van der Waals surface area contributed by atoms with Crippen LogP contribution in [-0.4, -0.2) is 35.0 Å². The van der Waals surface area contributed by atoms with Crippen LogP contribution in [0.1, 0.15) is 42.5 Å². The van der Waals surface area contributed by atoms with E-state index in [-0.39, 0.29) is 6.04 Å². The molecular weight excluding hydrogens is 282 g/mol. The Morgan fingerprint density at radius 2 is 1.86 bits per heavy atom. The molecule has 21 heavy (non-hydrogen) atoms. The van der Waals surface area contributed by atoms with Gasteiger partial charge >= 0.3 is 0 Å². The molecule has 1 aliphatic heterocycles. The first-order valence-electron chi connectivity index (χ1n) is 7.86. The summed E-state index contributed by atoms with van der Waals surface area (Å²) < 4.78 is 18.0. The summed E-state index contributed by atoms with van der Waals surface area (Å²) in [5.41, 5.74) is 3.80. The molecule has 2 rings (SSSR count). The molecule has 0 radical (unpaired) electrons. The molecule has 1 saturated heterocycles. The number of rotatable bonds is 6. The Bertz CT molecular complexity index is 463. The lowest BCUT2D eigenvalue weighted by Gasteiger charge is -2.25. The Morgan fingerprint density at radius 3 is 2.43 bits per heavy atom. The molecule has 1 aromatic rings. The molecule has 0 amide bonds. The molecule has 0 bridgehead atoms. The summed E-state index contributed by atoms with van der Waals surface area (Å²) in [5, 5.41) is 3.80. The van der Waals surface area contributed by atoms with Crippen molar-refractivity contribution in [3.05, 3.63) is 34.9 Å². The van der Waals surface area contributed by atoms with E-state index in [1.807, 2.05) is 0 Å². The first-order valence-corrected chi connectivity index (χ1v) is 9.25. The first-order chi connectivity index (χ1) is 10.1. The van der Waals surface area contributed by atoms with Gasteiger partial charge in [0.25, 0.3) is 0 Å². The highest BCUT2D eigenvalue weighted by Crippen LogP contribution is 2.21. The normalized spacial score (nSPS) is 19.4. The maximum Gasteiger partial charge on any atom is 0.0477 e. The summed E-state index contributed by atoms with van der Waals surface area (Å²) in [6.07, 6.45) is 1.86. The van der Waals surface area contributed by atoms with Gasteiger partial charge in [0, 0.05) is 41.1 Å². The molecular formula is C17H27NO2S. The molecule has 2 unspecified atom stereocenters. The quantitative estimate of drug-likeness (QED) is 0.878. The van der Waals surface area contributed by atoms with E-state index in [1.54, 1.807) is 0 Å². The van der Waals surface area contributed by atoms with E-state index in [2.05, 4.69) is 44.3 Å². The van der Waals surface area contributed by atoms with Crippen LogP contribution in [0.15, 0.2) is 18.2 Å². The molecule has 0 aliphatic carbocycles. The summed E-state index contributed by atoms with van der Waals surface area (Å²) in [5.74, 6) is 0.696. The number of benzene rings is 1. The summed E-state index contributed by atoms with van der Waals surface area (Å²) in [4.78, 5) is 0. The monoisotopic (exact) mass is 309 g/mol. The van der Waals surface area contributed by atoms with E-state index in [4.69, 9.17) is 4.74 Å². The van der Waals surface area contributed by atoms with E-state index in [0.29, 0.717) is 11.0 Å². The van der Waals surface area contributed by atoms with Crippen LogP contribution in [0.2, 0.25) is 0 Å². The van der Waals surface area contributed by atoms with Crippen LogP contribution in [0.25, 0.3) is 0 Å². The number of aryl methyl sites for hydroxylation is 2. The highest BCUT2D eigenvalue weighted by molar-refractivity contribution is 7.85. The van der Waals surface area contributed by atoms with Gasteiger partial charge in [-0.05, 0) is 38.8 Å². The zero-order valence-corrected chi connectivity index (χ0v) is 14.2. The Balaban J connectivity index is 2.08. The molecule has 1 heterocycles. The molecule has 2 atom stereocenters. The highest BCUT2D eigenvalue weighted by Gasteiger charge is 2.23. The standard InChI is InChI=1S/C17H27NO2S/c1-4-18-17(15-10-13(2)9-14(3)11-15)12-21(19)16-5-7-20-8-6-16/h9-11,16-18H,4-8,12H2,1-3H3. The van der Waals surface area contributed by atoms with Crippen LogP contribution < -0.4 is 5.32 Å². The summed E-state index contributed by atoms with van der Waals surface area (Å²) in [6, 6.07) is 6.78. The van der Waals surface area contributed by atoms with Crippen LogP contribution in [0.5, 0.6) is 0 Å². The van der Waals surface area contributed by atoms with Crippen molar-refractivity contribution < 1.29 is 8.95 Å². The predicted octanol–water partition coefficient (Wildman–Crippen LogP) is 2.88. The van der Waals surface area contributed by atoms with Crippen LogP contribution in [-0.2, 0) is 15.5 Å². The van der Waals surface area contributed by atoms with Gasteiger partial charge in [-0.2, -0.15) is 0 Å². The molecule has 1 aliphatic rings. The molecule has 118 valence electrons. The average Bonchev–Trinajstić information content (AvgIpc) is 2.46. The lowest BCUT2D eigenvalue weighted by atomic mass is 10.0. The molecule has 3 nitrogen and oxygen atoms in total. The average molecular weight is 309 g/mol. The van der Waals surface area contributed by atoms with Gasteiger partial charge < -0.3 is 10.1 Å². The molecule has 1 fully saturated rings. The molecule has 0 saturated carbocycles. The minimum Gasteiger partial charge on any atom is -0.381 e. The third-order valence-corrected chi connectivity index (χ3v) is 5.84. The van der Waals surface area contributed by atoms with Crippen LogP contribution >= 0.6 is 0 Å². The van der Waals surface area contributed by atoms with Gasteiger partial charge in [0.2, 0.25) is 0 Å². The first kappa shape index (κ1) is 16.7. The fourth-order valence-corrected chi connectivity index (χ4v) is 4.60. The van der Waals surface area contributed by atoms with Gasteiger partial charge in [-0.15, -0.1) is 0 Å². The number of hydrogen-bond donors (Lipinski definition) is 1. The fourth-order valence-electron chi connectivity index (χ4n) is 2.97. The number of nitrogens with one attached hydrogen (secondary N) is 1. The van der Waals surface area contributed by atoms with Crippen molar-refractivity contribution in [2.24, 2.45) is 0 Å². The van der Waals surface area contributed by atoms with Crippen molar-refractivity contribution in [3.8, 4) is 0 Å². The van der Waals surface area contributed by atoms with Crippen LogP contribution in [0.4, 0.5) is 0 Å². The minimum absolute atomic E-state index is 0.178. The molecule has 4 heteroatoms. The highest BCUT2D eigenvalue weighted by atomic mass is 32.2. The Kier molecular flexibility index (Phi) is 6.40. The van der Waals surface area contributed by atoms with Crippen molar-refractivity contribution in [3.63, 3.8) is 0 Å². The van der Waals surface area contributed by atoms with Gasteiger partial charge in [-0.1, -0.05) is 36.2 Å². The Morgan fingerprint density at radius 1 is 1.24 bits per heavy atom. The largest absolute Gasteiger partial charge is 0.381 e. The van der Waals surface area contributed by atoms with E-state index in [9.17, 15) is 4.21 Å². The lowest BCUT2D eigenvalue weighted by molar-refractivity contribution is 0.0992. The lowest BCUT2D eigenvalue weighted by Crippen LogP contribution is -2.32. The van der Waals surface area contributed by atoms with E-state index in [1.165, 1.54) is 16.7 Å². The van der Waals surface area contributed by atoms with Crippen LogP contribution in [0, 0.1) is 13.8 Å². The Labute approximate surface area is 130 Å². The van der Waals surface area contributed by atoms with Gasteiger partial charge in [0.1, 0.15) is 0 Å². The molecule has 1 N–H and O–H groups in total. The third kappa shape index (κ3) is 4.90. The topological polar surface area (TPSA) is 38.3 Å². The molecule has 0 spiro atoms. The molecule has 0 aromatic heterocycles. The van der Waals surface area contributed by atoms with Crippen LogP contribution in [0.3, 0.4) is 0 Å². The maximum absolute atomic E-state index is 12.6. The summed E-state index contributed by atoms with van der Waals surface area (Å²) >= 11 is 0. The van der Waals surface area contributed by atoms with Crippen molar-refractivity contribution in [1.29, 1.82) is 0 Å². The molecule has 1 aromatic carbocycles. The van der Waals surface area contributed by atoms with Gasteiger partial charge in [0.15, 0.2) is 0 Å². The summed E-state index contributed by atoms with van der Waals surface area (Å²) in [7, 11) is -0.794. The minimum atomic E-state index is -0.794. The zero-order chi connectivity index (χ0) is 15.2. The summed E-state index contributed by atoms with van der Waals surface area (Å²) in [6.45, 7) is 8.75. The zero-order valence-electron chi connectivity index (χ0n) is 13.4. The number of ether oxygens (including phenoxy) is 1. The van der Waals surface area contributed by atoms with Crippen molar-refractivity contribution in [2.45, 2.75) is 44.9 Å². The van der Waals surface area contributed by atoms with Gasteiger partial charge in [0.05, 0.1) is 0 Å². The van der Waals surface area contributed by atoms with Gasteiger partial charge in [-0.3, -0.25) is 4.21 Å². The second-order valence-corrected chi connectivity index (χ2v) is 7.65. The predicted molar refractivity (Wildman–Crippen MR) is 89.2 cm³/mol. The number of hydrogen-bond acceptors (Lipinski definition) is 3. The van der Waals surface area contributed by atoms with E-state index >= 15 is 0 Å². The van der Waals surface area contributed by atoms with Crippen molar-refractivity contribution in [2.75, 3.05) is 25.5 Å². The second-order valence-electron chi connectivity index (χ2n) is 5.89. The smallest absolute Gasteiger partial charge is 0.0477 e. The van der Waals surface area contributed by atoms with Gasteiger partial charge in [-0.25, -0.2) is 0 Å². The van der Waals surface area contributed by atoms with E-state index < -0.39 is 10.8 Å². The fraction of sp³-hybridized carbons (Fsp3) is 0.647. The van der Waals surface area contributed by atoms with Crippen molar-refractivity contribution >= 4 is 10.8 Å².